The van der Waals surface area contributed by atoms with E-state index >= 15 is 0 Å². The lowest BCUT2D eigenvalue weighted by Crippen LogP contribution is -2.20. The van der Waals surface area contributed by atoms with Crippen LogP contribution in [-0.2, 0) is 6.54 Å². The van der Waals surface area contributed by atoms with E-state index in [0.29, 0.717) is 6.54 Å². The Hall–Kier alpha value is -1.95. The number of aromatic nitrogens is 2. The van der Waals surface area contributed by atoms with Crippen LogP contribution >= 0.6 is 11.3 Å². The molecule has 2 rings (SSSR count). The summed E-state index contributed by atoms with van der Waals surface area (Å²) < 4.78 is 1.43. The summed E-state index contributed by atoms with van der Waals surface area (Å²) in [6.07, 6.45) is 1.47. The third-order valence-electron chi connectivity index (χ3n) is 2.24. The van der Waals surface area contributed by atoms with Gasteiger partial charge in [0.2, 0.25) is 0 Å². The summed E-state index contributed by atoms with van der Waals surface area (Å²) in [5.41, 5.74) is 0.467. The van der Waals surface area contributed by atoms with Crippen molar-refractivity contribution in [2.24, 2.45) is 0 Å². The highest BCUT2D eigenvalue weighted by molar-refractivity contribution is 7.09. The number of aromatic carboxylic acids is 1. The number of pyridine rings is 1. The number of nitrogens with zero attached hydrogens (tertiary/aromatic N) is 2. The second-order valence-electron chi connectivity index (χ2n) is 3.54. The Labute approximate surface area is 101 Å². The van der Waals surface area contributed by atoms with Crippen LogP contribution in [0.5, 0.6) is 0 Å². The summed E-state index contributed by atoms with van der Waals surface area (Å²) in [5.74, 6) is -1.10. The Morgan fingerprint density at radius 1 is 1.59 bits per heavy atom. The summed E-state index contributed by atoms with van der Waals surface area (Å²) in [7, 11) is 0. The number of thiazole rings is 1. The molecule has 0 radical (unpaired) electrons. The average molecular weight is 250 g/mol. The first-order valence-electron chi connectivity index (χ1n) is 4.91. The summed E-state index contributed by atoms with van der Waals surface area (Å²) in [5, 5.41) is 11.6. The molecule has 1 N–H and O–H groups in total. The molecule has 17 heavy (non-hydrogen) atoms. The fourth-order valence-corrected chi connectivity index (χ4v) is 2.03. The highest BCUT2D eigenvalue weighted by atomic mass is 32.1. The van der Waals surface area contributed by atoms with Gasteiger partial charge in [-0.3, -0.25) is 4.79 Å². The maximum absolute atomic E-state index is 11.6. The van der Waals surface area contributed by atoms with Crippen molar-refractivity contribution in [1.82, 2.24) is 9.55 Å². The van der Waals surface area contributed by atoms with Crippen LogP contribution in [0, 0.1) is 6.92 Å². The fraction of sp³-hybridized carbons (Fsp3) is 0.182. The molecule has 0 aromatic carbocycles. The van der Waals surface area contributed by atoms with Crippen LogP contribution in [0.15, 0.2) is 28.5 Å². The molecule has 88 valence electrons. The molecule has 2 heterocycles. The maximum atomic E-state index is 11.6. The van der Waals surface area contributed by atoms with Crippen molar-refractivity contribution in [3.05, 3.63) is 50.3 Å². The molecule has 0 atom stereocenters. The van der Waals surface area contributed by atoms with E-state index in [9.17, 15) is 9.59 Å². The number of hydrogen-bond donors (Lipinski definition) is 1. The van der Waals surface area contributed by atoms with E-state index in [0.717, 1.165) is 16.8 Å². The molecule has 0 spiro atoms. The van der Waals surface area contributed by atoms with Crippen molar-refractivity contribution >= 4 is 17.3 Å². The molecule has 0 fully saturated rings. The van der Waals surface area contributed by atoms with Crippen molar-refractivity contribution < 1.29 is 9.90 Å². The fourth-order valence-electron chi connectivity index (χ4n) is 1.43. The van der Waals surface area contributed by atoms with Crippen molar-refractivity contribution in [2.45, 2.75) is 13.5 Å². The molecule has 0 aliphatic carbocycles. The predicted molar refractivity (Wildman–Crippen MR) is 63.6 cm³/mol. The summed E-state index contributed by atoms with van der Waals surface area (Å²) in [6.45, 7) is 2.26. The topological polar surface area (TPSA) is 72.2 Å². The van der Waals surface area contributed by atoms with Crippen LogP contribution < -0.4 is 5.56 Å². The zero-order valence-electron chi connectivity index (χ0n) is 9.08. The van der Waals surface area contributed by atoms with Gasteiger partial charge in [0.15, 0.2) is 0 Å². The van der Waals surface area contributed by atoms with Crippen LogP contribution in [0.3, 0.4) is 0 Å². The minimum atomic E-state index is -1.10. The molecule has 0 unspecified atom stereocenters. The van der Waals surface area contributed by atoms with Gasteiger partial charge >= 0.3 is 5.97 Å². The van der Waals surface area contributed by atoms with Gasteiger partial charge in [0.1, 0.15) is 0 Å². The number of carbonyl (C=O) groups is 1. The molecule has 2 aromatic rings. The number of carboxylic acid groups (broad SMARTS) is 1. The number of hydrogen-bond acceptors (Lipinski definition) is 4. The van der Waals surface area contributed by atoms with Gasteiger partial charge in [-0.15, -0.1) is 11.3 Å². The minimum Gasteiger partial charge on any atom is -0.478 e. The second-order valence-corrected chi connectivity index (χ2v) is 4.61. The zero-order chi connectivity index (χ0) is 12.4. The van der Waals surface area contributed by atoms with E-state index in [1.54, 1.807) is 0 Å². The highest BCUT2D eigenvalue weighted by Crippen LogP contribution is 2.08. The van der Waals surface area contributed by atoms with E-state index in [1.165, 1.54) is 28.2 Å². The molecule has 5 nitrogen and oxygen atoms in total. The predicted octanol–water partition coefficient (Wildman–Crippen LogP) is 1.36. The van der Waals surface area contributed by atoms with Crippen molar-refractivity contribution in [3.8, 4) is 0 Å². The Morgan fingerprint density at radius 2 is 2.35 bits per heavy atom. The van der Waals surface area contributed by atoms with Gasteiger partial charge in [-0.25, -0.2) is 9.78 Å². The lowest BCUT2D eigenvalue weighted by atomic mass is 10.2. The molecular formula is C11H10N2O3S. The average Bonchev–Trinajstić information content (AvgIpc) is 2.67. The van der Waals surface area contributed by atoms with Gasteiger partial charge in [-0.05, 0) is 13.0 Å². The van der Waals surface area contributed by atoms with Crippen LogP contribution in [0.25, 0.3) is 0 Å². The van der Waals surface area contributed by atoms with Gasteiger partial charge in [0.25, 0.3) is 5.56 Å². The zero-order valence-corrected chi connectivity index (χ0v) is 9.90. The van der Waals surface area contributed by atoms with E-state index < -0.39 is 5.97 Å². The molecule has 0 saturated heterocycles. The van der Waals surface area contributed by atoms with E-state index in [4.69, 9.17) is 5.11 Å². The molecule has 0 bridgehead atoms. The Kier molecular flexibility index (Phi) is 3.06. The Balaban J connectivity index is 2.28. The monoisotopic (exact) mass is 250 g/mol. The first-order valence-corrected chi connectivity index (χ1v) is 5.79. The van der Waals surface area contributed by atoms with Crippen LogP contribution in [0.4, 0.5) is 0 Å². The standard InChI is InChI=1S/C11H10N2O3S/c1-7-12-9(6-17-7)5-13-3-2-8(11(15)16)4-10(13)14/h2-4,6H,5H2,1H3,(H,15,16). The van der Waals surface area contributed by atoms with E-state index in [1.807, 2.05) is 12.3 Å². The third kappa shape index (κ3) is 2.59. The van der Waals surface area contributed by atoms with Gasteiger partial charge in [-0.2, -0.15) is 0 Å². The van der Waals surface area contributed by atoms with E-state index in [2.05, 4.69) is 4.98 Å². The molecular weight excluding hydrogens is 240 g/mol. The van der Waals surface area contributed by atoms with Crippen LogP contribution in [0.1, 0.15) is 21.1 Å². The number of carboxylic acids is 1. The summed E-state index contributed by atoms with van der Waals surface area (Å²) in [6, 6.07) is 2.52. The van der Waals surface area contributed by atoms with Crippen LogP contribution in [0.2, 0.25) is 0 Å². The normalized spacial score (nSPS) is 10.4. The molecule has 0 saturated carbocycles. The van der Waals surface area contributed by atoms with Crippen molar-refractivity contribution in [3.63, 3.8) is 0 Å². The van der Waals surface area contributed by atoms with Gasteiger partial charge in [-0.1, -0.05) is 0 Å². The van der Waals surface area contributed by atoms with Crippen molar-refractivity contribution in [1.29, 1.82) is 0 Å². The molecule has 0 amide bonds. The maximum Gasteiger partial charge on any atom is 0.335 e. The van der Waals surface area contributed by atoms with Gasteiger partial charge in [0, 0.05) is 17.6 Å². The van der Waals surface area contributed by atoms with Crippen LogP contribution in [-0.4, -0.2) is 20.6 Å². The first kappa shape index (κ1) is 11.5. The first-order chi connectivity index (χ1) is 8.06. The Bertz CT molecular complexity index is 615. The number of rotatable bonds is 3. The highest BCUT2D eigenvalue weighted by Gasteiger charge is 2.06. The lowest BCUT2D eigenvalue weighted by Gasteiger charge is -2.03. The molecule has 0 aliphatic heterocycles. The Morgan fingerprint density at radius 3 is 2.88 bits per heavy atom. The quantitative estimate of drug-likeness (QED) is 0.892. The summed E-state index contributed by atoms with van der Waals surface area (Å²) >= 11 is 1.52. The number of aryl methyl sites for hydroxylation is 1. The second kappa shape index (κ2) is 4.50. The smallest absolute Gasteiger partial charge is 0.335 e. The summed E-state index contributed by atoms with van der Waals surface area (Å²) in [4.78, 5) is 26.5. The third-order valence-corrected chi connectivity index (χ3v) is 3.06. The van der Waals surface area contributed by atoms with E-state index in [-0.39, 0.29) is 11.1 Å². The molecule has 6 heteroatoms. The SMILES string of the molecule is Cc1nc(Cn2ccc(C(=O)O)cc2=O)cs1. The van der Waals surface area contributed by atoms with Gasteiger partial charge < -0.3 is 9.67 Å². The van der Waals surface area contributed by atoms with Gasteiger partial charge in [0.05, 0.1) is 22.8 Å². The minimum absolute atomic E-state index is 0.000656. The molecule has 2 aromatic heterocycles. The lowest BCUT2D eigenvalue weighted by molar-refractivity contribution is 0.0696. The largest absolute Gasteiger partial charge is 0.478 e. The van der Waals surface area contributed by atoms with Crippen molar-refractivity contribution in [2.75, 3.05) is 0 Å². The molecule has 0 aliphatic rings.